The molecule has 2 aliphatic rings. The third kappa shape index (κ3) is 3.68. The molecule has 0 aromatic heterocycles. The lowest BCUT2D eigenvalue weighted by atomic mass is 9.90. The highest BCUT2D eigenvalue weighted by Gasteiger charge is 2.38. The summed E-state index contributed by atoms with van der Waals surface area (Å²) < 4.78 is 41.1. The van der Waals surface area contributed by atoms with Gasteiger partial charge in [-0.2, -0.15) is 0 Å². The van der Waals surface area contributed by atoms with Crippen molar-refractivity contribution in [2.24, 2.45) is 11.8 Å². The van der Waals surface area contributed by atoms with E-state index in [1.54, 1.807) is 19.2 Å². The smallest absolute Gasteiger partial charge is 0.307 e. The number of methoxy groups -OCH3 is 1. The number of ether oxygens (including phenoxy) is 2. The predicted molar refractivity (Wildman–Crippen MR) is 104 cm³/mol. The third-order valence-electron chi connectivity index (χ3n) is 5.81. The summed E-state index contributed by atoms with van der Waals surface area (Å²) >= 11 is 0. The van der Waals surface area contributed by atoms with Gasteiger partial charge in [-0.1, -0.05) is 6.07 Å². The van der Waals surface area contributed by atoms with Gasteiger partial charge in [-0.05, 0) is 68.4 Å². The molecule has 29 heavy (non-hydrogen) atoms. The number of hydrogen-bond acceptors (Lipinski definition) is 3. The van der Waals surface area contributed by atoms with E-state index in [4.69, 9.17) is 9.47 Å². The monoisotopic (exact) mass is 402 g/mol. The van der Waals surface area contributed by atoms with Crippen LogP contribution in [0, 0.1) is 23.5 Å². The summed E-state index contributed by atoms with van der Waals surface area (Å²) in [6.45, 7) is 3.90. The second-order valence-electron chi connectivity index (χ2n) is 8.57. The molecule has 2 aromatic rings. The van der Waals surface area contributed by atoms with Crippen LogP contribution in [0.1, 0.15) is 37.8 Å². The molecule has 1 saturated carbocycles. The lowest BCUT2D eigenvalue weighted by Gasteiger charge is -2.17. The molecule has 0 saturated heterocycles. The molecule has 0 bridgehead atoms. The van der Waals surface area contributed by atoms with Crippen molar-refractivity contribution in [3.8, 4) is 22.6 Å². The molecular formula is C23H24F2O4. The van der Waals surface area contributed by atoms with Crippen LogP contribution in [0.15, 0.2) is 24.3 Å². The van der Waals surface area contributed by atoms with Crippen molar-refractivity contribution in [1.82, 2.24) is 0 Å². The van der Waals surface area contributed by atoms with Crippen LogP contribution >= 0.6 is 0 Å². The van der Waals surface area contributed by atoms with Crippen molar-refractivity contribution in [1.29, 1.82) is 0 Å². The van der Waals surface area contributed by atoms with Crippen molar-refractivity contribution < 1.29 is 28.2 Å². The summed E-state index contributed by atoms with van der Waals surface area (Å²) in [5.74, 6) is -1.98. The molecule has 1 aliphatic carbocycles. The molecule has 4 rings (SSSR count). The first-order valence-electron chi connectivity index (χ1n) is 9.80. The Labute approximate surface area is 168 Å². The van der Waals surface area contributed by atoms with E-state index >= 15 is 0 Å². The first-order valence-corrected chi connectivity index (χ1v) is 9.80. The van der Waals surface area contributed by atoms with E-state index in [0.29, 0.717) is 29.0 Å². The highest BCUT2D eigenvalue weighted by atomic mass is 19.1. The average Bonchev–Trinajstić information content (AvgIpc) is 3.41. The minimum Gasteiger partial charge on any atom is -0.493 e. The van der Waals surface area contributed by atoms with Crippen molar-refractivity contribution in [3.63, 3.8) is 0 Å². The van der Waals surface area contributed by atoms with Gasteiger partial charge in [0.15, 0.2) is 11.5 Å². The first-order chi connectivity index (χ1) is 13.7. The van der Waals surface area contributed by atoms with Gasteiger partial charge in [0.05, 0.1) is 13.0 Å². The molecule has 1 unspecified atom stereocenters. The highest BCUT2D eigenvalue weighted by Crippen LogP contribution is 2.47. The Bertz CT molecular complexity index is 956. The maximum atomic E-state index is 14.9. The lowest BCUT2D eigenvalue weighted by molar-refractivity contribution is -0.142. The summed E-state index contributed by atoms with van der Waals surface area (Å²) in [7, 11) is 1.55. The van der Waals surface area contributed by atoms with Crippen molar-refractivity contribution in [3.05, 3.63) is 47.0 Å². The maximum absolute atomic E-state index is 14.9. The predicted octanol–water partition coefficient (Wildman–Crippen LogP) is 5.01. The summed E-state index contributed by atoms with van der Waals surface area (Å²) in [5.41, 5.74) is 1.34. The van der Waals surface area contributed by atoms with E-state index in [1.165, 1.54) is 12.1 Å². The Kier molecular flexibility index (Phi) is 4.75. The van der Waals surface area contributed by atoms with Crippen LogP contribution in [0.3, 0.4) is 0 Å². The third-order valence-corrected chi connectivity index (χ3v) is 5.81. The Morgan fingerprint density at radius 1 is 1.28 bits per heavy atom. The molecule has 2 aromatic carbocycles. The van der Waals surface area contributed by atoms with E-state index in [9.17, 15) is 18.7 Å². The number of halogens is 2. The highest BCUT2D eigenvalue weighted by molar-refractivity contribution is 5.75. The molecule has 1 atom stereocenters. The van der Waals surface area contributed by atoms with Gasteiger partial charge in [-0.3, -0.25) is 4.79 Å². The lowest BCUT2D eigenvalue weighted by Crippen LogP contribution is -2.24. The molecule has 154 valence electrons. The fourth-order valence-electron chi connectivity index (χ4n) is 4.19. The molecule has 0 radical (unpaired) electrons. The van der Waals surface area contributed by atoms with Crippen LogP contribution in [0.5, 0.6) is 11.5 Å². The molecule has 0 amide bonds. The zero-order valence-electron chi connectivity index (χ0n) is 16.7. The fourth-order valence-corrected chi connectivity index (χ4v) is 4.19. The largest absolute Gasteiger partial charge is 0.493 e. The van der Waals surface area contributed by atoms with Crippen LogP contribution in [-0.2, 0) is 17.6 Å². The molecular weight excluding hydrogens is 378 g/mol. The SMILES string of the molecule is COc1ccc(-c2cc(F)c(CC(C(=O)O)C3CC3)c(F)c2)c2c1OC(C)(C)C2. The van der Waals surface area contributed by atoms with Gasteiger partial charge in [0.25, 0.3) is 0 Å². The second-order valence-corrected chi connectivity index (χ2v) is 8.57. The minimum atomic E-state index is -0.997. The van der Waals surface area contributed by atoms with E-state index in [0.717, 1.165) is 18.4 Å². The zero-order valence-corrected chi connectivity index (χ0v) is 16.7. The first kappa shape index (κ1) is 19.7. The van der Waals surface area contributed by atoms with Gasteiger partial charge in [-0.15, -0.1) is 0 Å². The van der Waals surface area contributed by atoms with Crippen LogP contribution < -0.4 is 9.47 Å². The summed E-state index contributed by atoms with van der Waals surface area (Å²) in [5, 5.41) is 9.39. The average molecular weight is 402 g/mol. The minimum absolute atomic E-state index is 0.00946. The molecule has 1 heterocycles. The summed E-state index contributed by atoms with van der Waals surface area (Å²) in [6, 6.07) is 6.09. The van der Waals surface area contributed by atoms with E-state index in [1.807, 2.05) is 13.8 Å². The molecule has 1 fully saturated rings. The van der Waals surface area contributed by atoms with E-state index < -0.39 is 29.1 Å². The number of carboxylic acids is 1. The Balaban J connectivity index is 1.73. The van der Waals surface area contributed by atoms with Crippen LogP contribution in [-0.4, -0.2) is 23.8 Å². The summed E-state index contributed by atoms with van der Waals surface area (Å²) in [6.07, 6.45) is 2.05. The van der Waals surface area contributed by atoms with Crippen LogP contribution in [0.4, 0.5) is 8.78 Å². The molecule has 6 heteroatoms. The number of hydrogen-bond donors (Lipinski definition) is 1. The number of aliphatic carboxylic acids is 1. The van der Waals surface area contributed by atoms with Crippen molar-refractivity contribution in [2.75, 3.05) is 7.11 Å². The fraction of sp³-hybridized carbons (Fsp3) is 0.435. The quantitative estimate of drug-likeness (QED) is 0.738. The second kappa shape index (κ2) is 7.01. The summed E-state index contributed by atoms with van der Waals surface area (Å²) in [4.78, 5) is 11.5. The van der Waals surface area contributed by atoms with Crippen LogP contribution in [0.25, 0.3) is 11.1 Å². The Hall–Kier alpha value is -2.63. The Morgan fingerprint density at radius 3 is 2.48 bits per heavy atom. The van der Waals surface area contributed by atoms with Gasteiger partial charge < -0.3 is 14.6 Å². The number of carbonyl (C=O) groups is 1. The number of carboxylic acid groups (broad SMARTS) is 1. The van der Waals surface area contributed by atoms with Crippen molar-refractivity contribution in [2.45, 2.75) is 45.1 Å². The van der Waals surface area contributed by atoms with E-state index in [-0.39, 0.29) is 17.9 Å². The molecule has 1 N–H and O–H groups in total. The van der Waals surface area contributed by atoms with Crippen LogP contribution in [0.2, 0.25) is 0 Å². The number of benzene rings is 2. The Morgan fingerprint density at radius 2 is 1.93 bits per heavy atom. The van der Waals surface area contributed by atoms with Gasteiger partial charge in [0, 0.05) is 17.5 Å². The van der Waals surface area contributed by atoms with Gasteiger partial charge >= 0.3 is 5.97 Å². The maximum Gasteiger partial charge on any atom is 0.307 e. The molecule has 4 nitrogen and oxygen atoms in total. The standard InChI is InChI=1S/C23H24F2O4/c1-23(2)11-17-14(6-7-20(28-3)21(17)29-23)13-8-18(24)16(19(25)9-13)10-15(22(26)27)12-4-5-12/h6-9,12,15H,4-5,10-11H2,1-3H3,(H,26,27). The van der Waals surface area contributed by atoms with Gasteiger partial charge in [0.1, 0.15) is 17.2 Å². The van der Waals surface area contributed by atoms with E-state index in [2.05, 4.69) is 0 Å². The normalized spacial score (nSPS) is 18.1. The molecule has 1 aliphatic heterocycles. The number of fused-ring (bicyclic) bond motifs is 1. The zero-order chi connectivity index (χ0) is 20.9. The topological polar surface area (TPSA) is 55.8 Å². The van der Waals surface area contributed by atoms with Gasteiger partial charge in [0.2, 0.25) is 0 Å². The number of rotatable bonds is 6. The van der Waals surface area contributed by atoms with Crippen molar-refractivity contribution >= 4 is 5.97 Å². The van der Waals surface area contributed by atoms with Gasteiger partial charge in [-0.25, -0.2) is 8.78 Å². The molecule has 0 spiro atoms.